The Morgan fingerprint density at radius 2 is 2.00 bits per heavy atom. The third kappa shape index (κ3) is 5.75. The molecule has 0 radical (unpaired) electrons. The Hall–Kier alpha value is -1.55. The van der Waals surface area contributed by atoms with E-state index < -0.39 is 0 Å². The molecule has 1 N–H and O–H groups in total. The molecule has 0 saturated carbocycles. The number of benzene rings is 1. The van der Waals surface area contributed by atoms with Crippen molar-refractivity contribution in [2.45, 2.75) is 39.3 Å². The number of carbonyl (C=O) groups excluding carboxylic acids is 1. The molecule has 0 aliphatic heterocycles. The summed E-state index contributed by atoms with van der Waals surface area (Å²) in [4.78, 5) is 11.2. The Morgan fingerprint density at radius 3 is 2.58 bits per heavy atom. The first kappa shape index (κ1) is 15.5. The Balaban J connectivity index is 2.37. The zero-order valence-electron chi connectivity index (χ0n) is 11.9. The van der Waals surface area contributed by atoms with E-state index >= 15 is 0 Å². The fraction of sp³-hybridized carbons (Fsp3) is 0.533. The van der Waals surface area contributed by atoms with Crippen LogP contribution in [-0.2, 0) is 16.1 Å². The lowest BCUT2D eigenvalue weighted by Gasteiger charge is -2.12. The topological polar surface area (TPSA) is 47.6 Å². The van der Waals surface area contributed by atoms with Crippen LogP contribution in [0.4, 0.5) is 0 Å². The van der Waals surface area contributed by atoms with Gasteiger partial charge < -0.3 is 14.8 Å². The molecule has 4 nitrogen and oxygen atoms in total. The van der Waals surface area contributed by atoms with Gasteiger partial charge in [-0.1, -0.05) is 25.5 Å². The maximum Gasteiger partial charge on any atom is 0.322 e. The van der Waals surface area contributed by atoms with Crippen LogP contribution in [0.2, 0.25) is 0 Å². The van der Waals surface area contributed by atoms with Crippen molar-refractivity contribution in [2.24, 2.45) is 0 Å². The third-order valence-corrected chi connectivity index (χ3v) is 2.86. The first-order valence-corrected chi connectivity index (χ1v) is 6.70. The SMILES string of the molecule is CCCCOc1ccc(CNC(C)C(=O)OC)cc1. The van der Waals surface area contributed by atoms with E-state index in [-0.39, 0.29) is 12.0 Å². The molecule has 4 heteroatoms. The molecule has 0 amide bonds. The molecule has 0 aliphatic rings. The van der Waals surface area contributed by atoms with Crippen LogP contribution in [-0.4, -0.2) is 25.7 Å². The Labute approximate surface area is 115 Å². The molecule has 0 saturated heterocycles. The fourth-order valence-corrected chi connectivity index (χ4v) is 1.57. The molecule has 1 atom stereocenters. The maximum atomic E-state index is 11.2. The molecule has 0 bridgehead atoms. The minimum Gasteiger partial charge on any atom is -0.494 e. The van der Waals surface area contributed by atoms with Gasteiger partial charge in [0, 0.05) is 6.54 Å². The molecule has 0 aliphatic carbocycles. The van der Waals surface area contributed by atoms with E-state index in [9.17, 15) is 4.79 Å². The lowest BCUT2D eigenvalue weighted by atomic mass is 10.2. The van der Waals surface area contributed by atoms with Gasteiger partial charge in [0.15, 0.2) is 0 Å². The summed E-state index contributed by atoms with van der Waals surface area (Å²) in [6.07, 6.45) is 2.20. The second kappa shape index (κ2) is 8.53. The second-order valence-electron chi connectivity index (χ2n) is 4.47. The van der Waals surface area contributed by atoms with E-state index in [0.717, 1.165) is 30.8 Å². The van der Waals surface area contributed by atoms with Gasteiger partial charge in [0.05, 0.1) is 13.7 Å². The lowest BCUT2D eigenvalue weighted by molar-refractivity contribution is -0.142. The molecular weight excluding hydrogens is 242 g/mol. The molecule has 0 heterocycles. The lowest BCUT2D eigenvalue weighted by Crippen LogP contribution is -2.34. The number of esters is 1. The van der Waals surface area contributed by atoms with Gasteiger partial charge in [-0.25, -0.2) is 0 Å². The zero-order chi connectivity index (χ0) is 14.1. The normalized spacial score (nSPS) is 11.9. The van der Waals surface area contributed by atoms with Crippen LogP contribution >= 0.6 is 0 Å². The van der Waals surface area contributed by atoms with Gasteiger partial charge in [-0.2, -0.15) is 0 Å². The highest BCUT2D eigenvalue weighted by atomic mass is 16.5. The minimum absolute atomic E-state index is 0.250. The predicted octanol–water partition coefficient (Wildman–Crippen LogP) is 2.52. The van der Waals surface area contributed by atoms with Crippen LogP contribution in [0.5, 0.6) is 5.75 Å². The van der Waals surface area contributed by atoms with E-state index in [4.69, 9.17) is 4.74 Å². The van der Waals surface area contributed by atoms with Crippen LogP contribution in [0, 0.1) is 0 Å². The van der Waals surface area contributed by atoms with E-state index in [1.807, 2.05) is 24.3 Å². The van der Waals surface area contributed by atoms with Crippen molar-refractivity contribution < 1.29 is 14.3 Å². The van der Waals surface area contributed by atoms with Gasteiger partial charge in [0.25, 0.3) is 0 Å². The van der Waals surface area contributed by atoms with Gasteiger partial charge in [0.2, 0.25) is 0 Å². The van der Waals surface area contributed by atoms with Crippen molar-refractivity contribution in [1.29, 1.82) is 0 Å². The van der Waals surface area contributed by atoms with Crippen molar-refractivity contribution in [3.05, 3.63) is 29.8 Å². The van der Waals surface area contributed by atoms with E-state index in [1.165, 1.54) is 7.11 Å². The highest BCUT2D eigenvalue weighted by molar-refractivity contribution is 5.75. The summed E-state index contributed by atoms with van der Waals surface area (Å²) in [5.41, 5.74) is 1.11. The van der Waals surface area contributed by atoms with Crippen LogP contribution in [0.3, 0.4) is 0 Å². The van der Waals surface area contributed by atoms with Crippen LogP contribution in [0.1, 0.15) is 32.3 Å². The molecule has 0 spiro atoms. The molecule has 106 valence electrons. The number of methoxy groups -OCH3 is 1. The summed E-state index contributed by atoms with van der Waals surface area (Å²) in [7, 11) is 1.39. The molecule has 1 aromatic rings. The maximum absolute atomic E-state index is 11.2. The molecule has 1 unspecified atom stereocenters. The summed E-state index contributed by atoms with van der Waals surface area (Å²) in [5.74, 6) is 0.637. The van der Waals surface area contributed by atoms with E-state index in [0.29, 0.717) is 6.54 Å². The van der Waals surface area contributed by atoms with E-state index in [2.05, 4.69) is 17.0 Å². The summed E-state index contributed by atoms with van der Waals surface area (Å²) >= 11 is 0. The van der Waals surface area contributed by atoms with Gasteiger partial charge in [0.1, 0.15) is 11.8 Å². The number of ether oxygens (including phenoxy) is 2. The Morgan fingerprint density at radius 1 is 1.32 bits per heavy atom. The molecule has 19 heavy (non-hydrogen) atoms. The zero-order valence-corrected chi connectivity index (χ0v) is 11.9. The average Bonchev–Trinajstić information content (AvgIpc) is 2.45. The molecular formula is C15H23NO3. The first-order chi connectivity index (χ1) is 9.17. The first-order valence-electron chi connectivity index (χ1n) is 6.70. The average molecular weight is 265 g/mol. The van der Waals surface area contributed by atoms with Crippen LogP contribution in [0.25, 0.3) is 0 Å². The molecule has 0 aromatic heterocycles. The molecule has 1 rings (SSSR count). The summed E-state index contributed by atoms with van der Waals surface area (Å²) in [6, 6.07) is 7.60. The van der Waals surface area contributed by atoms with Crippen LogP contribution in [0.15, 0.2) is 24.3 Å². The quantitative estimate of drug-likeness (QED) is 0.579. The Kier molecular flexibility index (Phi) is 6.97. The third-order valence-electron chi connectivity index (χ3n) is 2.86. The van der Waals surface area contributed by atoms with Crippen molar-refractivity contribution in [1.82, 2.24) is 5.32 Å². The highest BCUT2D eigenvalue weighted by Crippen LogP contribution is 2.12. The Bertz CT molecular complexity index is 375. The number of unbranched alkanes of at least 4 members (excludes halogenated alkanes) is 1. The summed E-state index contributed by atoms with van der Waals surface area (Å²) < 4.78 is 10.2. The number of nitrogens with one attached hydrogen (secondary N) is 1. The van der Waals surface area contributed by atoms with Crippen molar-refractivity contribution in [2.75, 3.05) is 13.7 Å². The summed E-state index contributed by atoms with van der Waals surface area (Å²) in [5, 5.41) is 3.11. The monoisotopic (exact) mass is 265 g/mol. The van der Waals surface area contributed by atoms with Crippen LogP contribution < -0.4 is 10.1 Å². The number of carbonyl (C=O) groups is 1. The standard InChI is InChI=1S/C15H23NO3/c1-4-5-10-19-14-8-6-13(7-9-14)11-16-12(2)15(17)18-3/h6-9,12,16H,4-5,10-11H2,1-3H3. The highest BCUT2D eigenvalue weighted by Gasteiger charge is 2.11. The largest absolute Gasteiger partial charge is 0.494 e. The fourth-order valence-electron chi connectivity index (χ4n) is 1.57. The minimum atomic E-state index is -0.300. The van der Waals surface area contributed by atoms with Gasteiger partial charge in [-0.15, -0.1) is 0 Å². The smallest absolute Gasteiger partial charge is 0.322 e. The number of hydrogen-bond donors (Lipinski definition) is 1. The molecule has 1 aromatic carbocycles. The number of hydrogen-bond acceptors (Lipinski definition) is 4. The molecule has 0 fully saturated rings. The second-order valence-corrected chi connectivity index (χ2v) is 4.47. The van der Waals surface area contributed by atoms with Gasteiger partial charge in [-0.3, -0.25) is 4.79 Å². The van der Waals surface area contributed by atoms with Gasteiger partial charge >= 0.3 is 5.97 Å². The van der Waals surface area contributed by atoms with E-state index in [1.54, 1.807) is 6.92 Å². The van der Waals surface area contributed by atoms with Crippen molar-refractivity contribution in [3.63, 3.8) is 0 Å². The predicted molar refractivity (Wildman–Crippen MR) is 75.2 cm³/mol. The van der Waals surface area contributed by atoms with Crippen molar-refractivity contribution in [3.8, 4) is 5.75 Å². The van der Waals surface area contributed by atoms with Gasteiger partial charge in [-0.05, 0) is 31.0 Å². The van der Waals surface area contributed by atoms with Crippen molar-refractivity contribution >= 4 is 5.97 Å². The summed E-state index contributed by atoms with van der Waals surface area (Å²) in [6.45, 7) is 5.31. The number of rotatable bonds is 8.